The zero-order valence-electron chi connectivity index (χ0n) is 9.06. The zero-order valence-corrected chi connectivity index (χ0v) is 9.06. The van der Waals surface area contributed by atoms with Gasteiger partial charge in [-0.25, -0.2) is 0 Å². The van der Waals surface area contributed by atoms with Crippen molar-refractivity contribution in [1.29, 1.82) is 0 Å². The molecule has 84 valence electrons. The Bertz CT molecular complexity index is 282. The van der Waals surface area contributed by atoms with E-state index >= 15 is 0 Å². The van der Waals surface area contributed by atoms with Gasteiger partial charge in [-0.1, -0.05) is 6.08 Å². The number of hydrogen-bond acceptors (Lipinski definition) is 4. The molecule has 2 aliphatic heterocycles. The number of hydrogen-bond donors (Lipinski definition) is 0. The van der Waals surface area contributed by atoms with Crippen molar-refractivity contribution >= 4 is 0 Å². The Kier molecular flexibility index (Phi) is 2.82. The summed E-state index contributed by atoms with van der Waals surface area (Å²) in [5.41, 5.74) is 0. The van der Waals surface area contributed by atoms with Gasteiger partial charge in [0.15, 0.2) is 5.79 Å². The molecule has 0 aromatic rings. The minimum Gasteiger partial charge on any atom is -0.464 e. The molecule has 1 saturated heterocycles. The van der Waals surface area contributed by atoms with Crippen LogP contribution in [0.4, 0.5) is 0 Å². The highest BCUT2D eigenvalue weighted by Gasteiger charge is 2.45. The monoisotopic (exact) mass is 212 g/mol. The van der Waals surface area contributed by atoms with Gasteiger partial charge in [-0.2, -0.15) is 0 Å². The zero-order chi connectivity index (χ0) is 10.9. The van der Waals surface area contributed by atoms with E-state index in [1.165, 1.54) is 0 Å². The van der Waals surface area contributed by atoms with Crippen molar-refractivity contribution in [3.63, 3.8) is 0 Å². The summed E-state index contributed by atoms with van der Waals surface area (Å²) in [5.74, 6) is 0.210. The lowest BCUT2D eigenvalue weighted by Crippen LogP contribution is -2.22. The molecule has 0 spiro atoms. The Morgan fingerprint density at radius 2 is 2.33 bits per heavy atom. The first-order chi connectivity index (χ1) is 7.11. The Morgan fingerprint density at radius 1 is 1.53 bits per heavy atom. The van der Waals surface area contributed by atoms with Crippen LogP contribution in [0.25, 0.3) is 0 Å². The lowest BCUT2D eigenvalue weighted by atomic mass is 10.3. The van der Waals surface area contributed by atoms with Gasteiger partial charge in [0, 0.05) is 0 Å². The molecule has 0 aliphatic carbocycles. The van der Waals surface area contributed by atoms with Crippen molar-refractivity contribution in [2.75, 3.05) is 13.2 Å². The Hall–Kier alpha value is -0.840. The molecular formula is C11H16O4. The molecule has 2 rings (SSSR count). The van der Waals surface area contributed by atoms with Crippen LogP contribution < -0.4 is 0 Å². The SMILES string of the molecule is C=CCOCC1=C[C@H]2OC(C)(C)O[C@H]2O1. The average molecular weight is 212 g/mol. The molecule has 2 aliphatic rings. The van der Waals surface area contributed by atoms with Crippen LogP contribution in [0.15, 0.2) is 24.5 Å². The van der Waals surface area contributed by atoms with Gasteiger partial charge in [-0.05, 0) is 19.9 Å². The van der Waals surface area contributed by atoms with E-state index in [2.05, 4.69) is 6.58 Å². The first-order valence-electron chi connectivity index (χ1n) is 5.02. The molecule has 0 N–H and O–H groups in total. The van der Waals surface area contributed by atoms with Crippen molar-refractivity contribution in [2.45, 2.75) is 32.0 Å². The summed E-state index contributed by atoms with van der Waals surface area (Å²) in [6, 6.07) is 0. The molecular weight excluding hydrogens is 196 g/mol. The molecule has 1 fully saturated rings. The molecule has 0 unspecified atom stereocenters. The van der Waals surface area contributed by atoms with Gasteiger partial charge < -0.3 is 18.9 Å². The van der Waals surface area contributed by atoms with E-state index in [9.17, 15) is 0 Å². The van der Waals surface area contributed by atoms with Crippen LogP contribution in [0.5, 0.6) is 0 Å². The second-order valence-electron chi connectivity index (χ2n) is 4.02. The van der Waals surface area contributed by atoms with Crippen molar-refractivity contribution in [3.8, 4) is 0 Å². The third-order valence-electron chi connectivity index (χ3n) is 2.19. The molecule has 0 bridgehead atoms. The van der Waals surface area contributed by atoms with Gasteiger partial charge in [0.2, 0.25) is 6.29 Å². The van der Waals surface area contributed by atoms with Crippen LogP contribution in [0, 0.1) is 0 Å². The highest BCUT2D eigenvalue weighted by atomic mass is 16.8. The van der Waals surface area contributed by atoms with Crippen molar-refractivity contribution in [3.05, 3.63) is 24.5 Å². The highest BCUT2D eigenvalue weighted by Crippen LogP contribution is 2.35. The van der Waals surface area contributed by atoms with E-state index in [0.717, 1.165) is 5.76 Å². The normalized spacial score (nSPS) is 32.0. The molecule has 2 atom stereocenters. The Labute approximate surface area is 89.5 Å². The maximum atomic E-state index is 5.61. The van der Waals surface area contributed by atoms with Crippen LogP contribution in [-0.2, 0) is 18.9 Å². The molecule has 0 amide bonds. The third kappa shape index (κ3) is 2.40. The van der Waals surface area contributed by atoms with Gasteiger partial charge in [-0.3, -0.25) is 0 Å². The predicted molar refractivity (Wildman–Crippen MR) is 54.0 cm³/mol. The first kappa shape index (κ1) is 10.7. The molecule has 4 heteroatoms. The summed E-state index contributed by atoms with van der Waals surface area (Å²) in [7, 11) is 0. The number of ether oxygens (including phenoxy) is 4. The number of fused-ring (bicyclic) bond motifs is 1. The van der Waals surface area contributed by atoms with Gasteiger partial charge in [-0.15, -0.1) is 6.58 Å². The van der Waals surface area contributed by atoms with Gasteiger partial charge >= 0.3 is 0 Å². The van der Waals surface area contributed by atoms with Crippen molar-refractivity contribution in [1.82, 2.24) is 0 Å². The van der Waals surface area contributed by atoms with Crippen molar-refractivity contribution in [2.24, 2.45) is 0 Å². The summed E-state index contributed by atoms with van der Waals surface area (Å²) in [6.07, 6.45) is 3.18. The van der Waals surface area contributed by atoms with Crippen LogP contribution in [-0.4, -0.2) is 31.4 Å². The van der Waals surface area contributed by atoms with Crippen LogP contribution in [0.2, 0.25) is 0 Å². The largest absolute Gasteiger partial charge is 0.464 e. The molecule has 15 heavy (non-hydrogen) atoms. The summed E-state index contributed by atoms with van der Waals surface area (Å²) < 4.78 is 21.9. The maximum absolute atomic E-state index is 5.61. The van der Waals surface area contributed by atoms with Crippen LogP contribution in [0.3, 0.4) is 0 Å². The maximum Gasteiger partial charge on any atom is 0.232 e. The Balaban J connectivity index is 1.85. The van der Waals surface area contributed by atoms with Crippen LogP contribution in [0.1, 0.15) is 13.8 Å². The number of rotatable bonds is 4. The molecule has 0 radical (unpaired) electrons. The minimum absolute atomic E-state index is 0.109. The molecule has 2 heterocycles. The van der Waals surface area contributed by atoms with Gasteiger partial charge in [0.25, 0.3) is 0 Å². The average Bonchev–Trinajstić information content (AvgIpc) is 2.58. The summed E-state index contributed by atoms with van der Waals surface area (Å²) in [5, 5.41) is 0. The van der Waals surface area contributed by atoms with Crippen LogP contribution >= 0.6 is 0 Å². The van der Waals surface area contributed by atoms with E-state index in [0.29, 0.717) is 13.2 Å². The smallest absolute Gasteiger partial charge is 0.232 e. The Morgan fingerprint density at radius 3 is 3.00 bits per heavy atom. The van der Waals surface area contributed by atoms with Gasteiger partial charge in [0.05, 0.1) is 6.61 Å². The fraction of sp³-hybridized carbons (Fsp3) is 0.636. The molecule has 0 aromatic carbocycles. The van der Waals surface area contributed by atoms with E-state index in [-0.39, 0.29) is 12.4 Å². The van der Waals surface area contributed by atoms with E-state index < -0.39 is 5.79 Å². The summed E-state index contributed by atoms with van der Waals surface area (Å²) in [4.78, 5) is 0. The third-order valence-corrected chi connectivity index (χ3v) is 2.19. The van der Waals surface area contributed by atoms with Gasteiger partial charge in [0.1, 0.15) is 18.5 Å². The predicted octanol–water partition coefficient (Wildman–Crippen LogP) is 1.58. The lowest BCUT2D eigenvalue weighted by Gasteiger charge is -2.17. The van der Waals surface area contributed by atoms with E-state index in [4.69, 9.17) is 18.9 Å². The van der Waals surface area contributed by atoms with E-state index in [1.54, 1.807) is 6.08 Å². The standard InChI is InChI=1S/C11H16O4/c1-4-5-12-7-8-6-9-10(13-8)15-11(2,3)14-9/h4,6,9-10H,1,5,7H2,2-3H3/t9-,10-/m1/s1. The minimum atomic E-state index is -0.556. The van der Waals surface area contributed by atoms with E-state index in [1.807, 2.05) is 19.9 Å². The second-order valence-corrected chi connectivity index (χ2v) is 4.02. The fourth-order valence-corrected chi connectivity index (χ4v) is 1.66. The summed E-state index contributed by atoms with van der Waals surface area (Å²) >= 11 is 0. The quantitative estimate of drug-likeness (QED) is 0.523. The topological polar surface area (TPSA) is 36.9 Å². The molecule has 4 nitrogen and oxygen atoms in total. The fourth-order valence-electron chi connectivity index (χ4n) is 1.66. The highest BCUT2D eigenvalue weighted by molar-refractivity contribution is 5.08. The lowest BCUT2D eigenvalue weighted by molar-refractivity contribution is -0.183. The first-order valence-corrected chi connectivity index (χ1v) is 5.02. The summed E-state index contributed by atoms with van der Waals surface area (Å²) in [6.45, 7) is 8.26. The molecule has 0 saturated carbocycles. The van der Waals surface area contributed by atoms with Crippen molar-refractivity contribution < 1.29 is 18.9 Å². The molecule has 0 aromatic heterocycles. The second kappa shape index (κ2) is 3.96.